The van der Waals surface area contributed by atoms with E-state index < -0.39 is 7.12 Å². The SMILES string of the molecule is CC1(C)OB(c2ccc3[nH]c4c(-c5cccc(-c6ccccc6)c5)n5ccccc5c4c3c2)OC1(C)C. The molecule has 0 aliphatic carbocycles. The van der Waals surface area contributed by atoms with Gasteiger partial charge in [-0.25, -0.2) is 0 Å². The van der Waals surface area contributed by atoms with Crippen LogP contribution < -0.4 is 5.46 Å². The number of fused-ring (bicyclic) bond motifs is 5. The van der Waals surface area contributed by atoms with Gasteiger partial charge in [-0.1, -0.05) is 66.7 Å². The molecule has 3 aromatic carbocycles. The monoisotopic (exact) mass is 484 g/mol. The lowest BCUT2D eigenvalue weighted by Gasteiger charge is -2.32. The molecule has 1 aliphatic heterocycles. The second kappa shape index (κ2) is 7.85. The maximum absolute atomic E-state index is 6.37. The van der Waals surface area contributed by atoms with Crippen molar-refractivity contribution in [2.75, 3.05) is 0 Å². The Hall–Kier alpha value is -3.80. The highest BCUT2D eigenvalue weighted by Crippen LogP contribution is 2.40. The second-order valence-electron chi connectivity index (χ2n) is 11.0. The summed E-state index contributed by atoms with van der Waals surface area (Å²) in [5.74, 6) is 0. The van der Waals surface area contributed by atoms with Gasteiger partial charge in [0.05, 0.1) is 27.9 Å². The summed E-state index contributed by atoms with van der Waals surface area (Å²) in [6.07, 6.45) is 2.15. The fourth-order valence-corrected chi connectivity index (χ4v) is 5.50. The van der Waals surface area contributed by atoms with E-state index in [1.807, 2.05) is 0 Å². The minimum absolute atomic E-state index is 0.375. The van der Waals surface area contributed by atoms with Crippen LogP contribution in [0.3, 0.4) is 0 Å². The fraction of sp³-hybridized carbons (Fsp3) is 0.188. The number of H-pyrrole nitrogens is 1. The number of nitrogens with one attached hydrogen (secondary N) is 1. The number of aromatic amines is 1. The van der Waals surface area contributed by atoms with Gasteiger partial charge in [-0.3, -0.25) is 0 Å². The van der Waals surface area contributed by atoms with Gasteiger partial charge in [0.2, 0.25) is 0 Å². The van der Waals surface area contributed by atoms with Gasteiger partial charge in [0.25, 0.3) is 0 Å². The van der Waals surface area contributed by atoms with E-state index in [0.29, 0.717) is 0 Å². The molecule has 0 saturated carbocycles. The smallest absolute Gasteiger partial charge is 0.399 e. The number of nitrogens with zero attached hydrogens (tertiary/aromatic N) is 1. The van der Waals surface area contributed by atoms with Crippen molar-refractivity contribution in [1.82, 2.24) is 9.38 Å². The summed E-state index contributed by atoms with van der Waals surface area (Å²) >= 11 is 0. The quantitative estimate of drug-likeness (QED) is 0.270. The highest BCUT2D eigenvalue weighted by molar-refractivity contribution is 6.62. The molecule has 3 aromatic heterocycles. The Morgan fingerprint density at radius 3 is 2.19 bits per heavy atom. The van der Waals surface area contributed by atoms with Crippen LogP contribution in [0, 0.1) is 0 Å². The van der Waals surface area contributed by atoms with E-state index in [4.69, 9.17) is 9.31 Å². The minimum atomic E-state index is -0.393. The lowest BCUT2D eigenvalue weighted by molar-refractivity contribution is 0.00578. The van der Waals surface area contributed by atoms with Crippen LogP contribution in [0.2, 0.25) is 0 Å². The summed E-state index contributed by atoms with van der Waals surface area (Å²) in [6.45, 7) is 8.38. The van der Waals surface area contributed by atoms with Crippen molar-refractivity contribution in [2.24, 2.45) is 0 Å². The molecule has 1 N–H and O–H groups in total. The highest BCUT2D eigenvalue weighted by atomic mass is 16.7. The molecule has 1 aliphatic rings. The standard InChI is InChI=1S/C32H29BN2O2/c1-31(2)32(3,4)37-33(36-31)24-16-17-26-25(20-24)28-27-15-8-9-18-35(27)30(29(28)34-26)23-14-10-13-22(19-23)21-11-6-5-7-12-21/h5-20,34H,1-4H3. The molecule has 37 heavy (non-hydrogen) atoms. The Bertz CT molecular complexity index is 1780. The van der Waals surface area contributed by atoms with Crippen LogP contribution in [-0.2, 0) is 9.31 Å². The molecule has 0 spiro atoms. The first-order valence-electron chi connectivity index (χ1n) is 12.9. The first-order valence-corrected chi connectivity index (χ1v) is 12.9. The number of benzene rings is 3. The Kier molecular flexibility index (Phi) is 4.75. The molecule has 4 nitrogen and oxygen atoms in total. The number of aromatic nitrogens is 2. The lowest BCUT2D eigenvalue weighted by atomic mass is 9.78. The van der Waals surface area contributed by atoms with Crippen molar-refractivity contribution < 1.29 is 9.31 Å². The summed E-state index contributed by atoms with van der Waals surface area (Å²) in [5.41, 5.74) is 8.47. The minimum Gasteiger partial charge on any atom is -0.399 e. The summed E-state index contributed by atoms with van der Waals surface area (Å²) in [6, 6.07) is 32.2. The molecule has 1 fully saturated rings. The predicted molar refractivity (Wildman–Crippen MR) is 153 cm³/mol. The molecule has 0 radical (unpaired) electrons. The lowest BCUT2D eigenvalue weighted by Crippen LogP contribution is -2.41. The van der Waals surface area contributed by atoms with E-state index in [2.05, 4.69) is 134 Å². The number of rotatable bonds is 3. The molecule has 0 amide bonds. The molecule has 7 rings (SSSR count). The van der Waals surface area contributed by atoms with Crippen molar-refractivity contribution in [3.63, 3.8) is 0 Å². The van der Waals surface area contributed by atoms with Crippen molar-refractivity contribution in [1.29, 1.82) is 0 Å². The summed E-state index contributed by atoms with van der Waals surface area (Å²) in [7, 11) is -0.393. The molecule has 0 atom stereocenters. The molecular formula is C32H29BN2O2. The molecule has 1 saturated heterocycles. The van der Waals surface area contributed by atoms with E-state index in [0.717, 1.165) is 22.2 Å². The number of pyridine rings is 1. The van der Waals surface area contributed by atoms with Crippen LogP contribution in [-0.4, -0.2) is 27.7 Å². The maximum Gasteiger partial charge on any atom is 0.494 e. The zero-order valence-electron chi connectivity index (χ0n) is 21.6. The van der Waals surface area contributed by atoms with Crippen LogP contribution in [0.5, 0.6) is 0 Å². The van der Waals surface area contributed by atoms with Gasteiger partial charge in [-0.2, -0.15) is 0 Å². The third-order valence-corrected chi connectivity index (χ3v) is 8.18. The third kappa shape index (κ3) is 3.38. The summed E-state index contributed by atoms with van der Waals surface area (Å²) in [5, 5.41) is 2.39. The maximum atomic E-state index is 6.37. The van der Waals surface area contributed by atoms with Gasteiger partial charge >= 0.3 is 7.12 Å². The zero-order chi connectivity index (χ0) is 25.4. The predicted octanol–water partition coefficient (Wildman–Crippen LogP) is 7.21. The van der Waals surface area contributed by atoms with Crippen LogP contribution in [0.4, 0.5) is 0 Å². The Balaban J connectivity index is 1.43. The van der Waals surface area contributed by atoms with Gasteiger partial charge in [-0.05, 0) is 68.6 Å². The molecule has 4 heterocycles. The molecule has 0 bridgehead atoms. The van der Waals surface area contributed by atoms with Crippen molar-refractivity contribution >= 4 is 39.9 Å². The Morgan fingerprint density at radius 2 is 1.41 bits per heavy atom. The van der Waals surface area contributed by atoms with Crippen LogP contribution >= 0.6 is 0 Å². The second-order valence-corrected chi connectivity index (χ2v) is 11.0. The van der Waals surface area contributed by atoms with E-state index in [1.54, 1.807) is 0 Å². The third-order valence-electron chi connectivity index (χ3n) is 8.18. The van der Waals surface area contributed by atoms with Crippen molar-refractivity contribution in [3.8, 4) is 22.4 Å². The van der Waals surface area contributed by atoms with Gasteiger partial charge in [0.15, 0.2) is 0 Å². The van der Waals surface area contributed by atoms with Crippen LogP contribution in [0.15, 0.2) is 97.2 Å². The Labute approximate surface area is 217 Å². The normalized spacial score (nSPS) is 16.8. The van der Waals surface area contributed by atoms with Crippen molar-refractivity contribution in [2.45, 2.75) is 38.9 Å². The molecule has 5 heteroatoms. The topological polar surface area (TPSA) is 38.7 Å². The first-order chi connectivity index (χ1) is 17.8. The molecule has 0 unspecified atom stereocenters. The molecule has 182 valence electrons. The summed E-state index contributed by atoms with van der Waals surface area (Å²) < 4.78 is 15.0. The fourth-order valence-electron chi connectivity index (χ4n) is 5.50. The molecule has 6 aromatic rings. The zero-order valence-corrected chi connectivity index (χ0v) is 21.6. The Morgan fingerprint density at radius 1 is 0.703 bits per heavy atom. The molecular weight excluding hydrogens is 455 g/mol. The number of hydrogen-bond acceptors (Lipinski definition) is 2. The van der Waals surface area contributed by atoms with Crippen LogP contribution in [0.1, 0.15) is 27.7 Å². The van der Waals surface area contributed by atoms with E-state index >= 15 is 0 Å². The average molecular weight is 484 g/mol. The highest BCUT2D eigenvalue weighted by Gasteiger charge is 2.51. The van der Waals surface area contributed by atoms with Gasteiger partial charge in [0, 0.05) is 28.0 Å². The van der Waals surface area contributed by atoms with E-state index in [9.17, 15) is 0 Å². The van der Waals surface area contributed by atoms with Gasteiger partial charge in [-0.15, -0.1) is 0 Å². The van der Waals surface area contributed by atoms with Gasteiger partial charge in [0.1, 0.15) is 0 Å². The first kappa shape index (κ1) is 22.4. The van der Waals surface area contributed by atoms with E-state index in [-0.39, 0.29) is 11.2 Å². The average Bonchev–Trinajstić information content (AvgIpc) is 3.49. The summed E-state index contributed by atoms with van der Waals surface area (Å²) in [4.78, 5) is 3.74. The van der Waals surface area contributed by atoms with Crippen molar-refractivity contribution in [3.05, 3.63) is 97.2 Å². The van der Waals surface area contributed by atoms with Crippen LogP contribution in [0.25, 0.3) is 49.7 Å². The van der Waals surface area contributed by atoms with Gasteiger partial charge < -0.3 is 18.7 Å². The van der Waals surface area contributed by atoms with E-state index in [1.165, 1.54) is 33.0 Å². The largest absolute Gasteiger partial charge is 0.494 e. The number of hydrogen-bond donors (Lipinski definition) is 1.